The van der Waals surface area contributed by atoms with Gasteiger partial charge < -0.3 is 9.47 Å². The summed E-state index contributed by atoms with van der Waals surface area (Å²) in [5.41, 5.74) is 2.32. The molecule has 1 heterocycles. The molecule has 1 aliphatic rings. The lowest BCUT2D eigenvalue weighted by molar-refractivity contribution is -0.136. The molecule has 1 aromatic carbocycles. The molecule has 1 fully saturated rings. The molecule has 0 amide bonds. The highest BCUT2D eigenvalue weighted by Gasteiger charge is 2.52. The number of aryl methyl sites for hydroxylation is 1. The maximum atomic E-state index is 6.54. The second-order valence-corrected chi connectivity index (χ2v) is 7.61. The van der Waals surface area contributed by atoms with Gasteiger partial charge in [0, 0.05) is 6.42 Å². The first-order valence-electron chi connectivity index (χ1n) is 8.67. The smallest absolute Gasteiger partial charge is 0.0895 e. The van der Waals surface area contributed by atoms with Gasteiger partial charge in [-0.15, -0.1) is 0 Å². The van der Waals surface area contributed by atoms with Gasteiger partial charge in [0.2, 0.25) is 0 Å². The first-order chi connectivity index (χ1) is 10.3. The van der Waals surface area contributed by atoms with Gasteiger partial charge in [-0.3, -0.25) is 0 Å². The predicted molar refractivity (Wildman–Crippen MR) is 92.0 cm³/mol. The van der Waals surface area contributed by atoms with Gasteiger partial charge in [-0.2, -0.15) is 0 Å². The third-order valence-corrected chi connectivity index (χ3v) is 5.20. The highest BCUT2D eigenvalue weighted by atomic mass is 16.6. The fourth-order valence-corrected chi connectivity index (χ4v) is 3.63. The van der Waals surface area contributed by atoms with E-state index in [0.717, 1.165) is 19.3 Å². The summed E-state index contributed by atoms with van der Waals surface area (Å²) in [6.45, 7) is 14.0. The van der Waals surface area contributed by atoms with Crippen molar-refractivity contribution in [2.75, 3.05) is 0 Å². The lowest BCUT2D eigenvalue weighted by Crippen LogP contribution is -2.38. The summed E-state index contributed by atoms with van der Waals surface area (Å²) in [5, 5.41) is 0. The Labute approximate surface area is 136 Å². The number of rotatable bonds is 6. The van der Waals surface area contributed by atoms with E-state index in [2.05, 4.69) is 65.8 Å². The van der Waals surface area contributed by atoms with Crippen LogP contribution in [0, 0.1) is 12.8 Å². The molecule has 2 heteroatoms. The van der Waals surface area contributed by atoms with Crippen LogP contribution in [0.15, 0.2) is 24.3 Å². The normalized spacial score (nSPS) is 27.5. The van der Waals surface area contributed by atoms with E-state index in [1.54, 1.807) is 0 Å². The SMILES string of the molecule is CCCC1(C(C)C)CC(OCc2ccccc2C)C(C)(C)O1. The van der Waals surface area contributed by atoms with E-state index in [4.69, 9.17) is 9.47 Å². The Morgan fingerprint density at radius 1 is 1.27 bits per heavy atom. The van der Waals surface area contributed by atoms with Crippen molar-refractivity contribution in [2.24, 2.45) is 5.92 Å². The van der Waals surface area contributed by atoms with E-state index in [9.17, 15) is 0 Å². The minimum absolute atomic E-state index is 0.0331. The Kier molecular flexibility index (Phi) is 5.34. The third-order valence-electron chi connectivity index (χ3n) is 5.20. The average Bonchev–Trinajstić information content (AvgIpc) is 2.70. The van der Waals surface area contributed by atoms with Gasteiger partial charge in [-0.05, 0) is 44.2 Å². The standard InChI is InChI=1S/C20H32O2/c1-7-12-20(15(2)3)13-18(19(5,6)22-20)21-14-17-11-9-8-10-16(17)4/h8-11,15,18H,7,12-14H2,1-6H3. The summed E-state index contributed by atoms with van der Waals surface area (Å²) in [6.07, 6.45) is 3.41. The van der Waals surface area contributed by atoms with Crippen molar-refractivity contribution >= 4 is 0 Å². The summed E-state index contributed by atoms with van der Waals surface area (Å²) >= 11 is 0. The van der Waals surface area contributed by atoms with Crippen molar-refractivity contribution in [3.8, 4) is 0 Å². The Morgan fingerprint density at radius 2 is 1.95 bits per heavy atom. The quantitative estimate of drug-likeness (QED) is 0.712. The first-order valence-corrected chi connectivity index (χ1v) is 8.67. The predicted octanol–water partition coefficient (Wildman–Crippen LogP) is 5.27. The van der Waals surface area contributed by atoms with Crippen molar-refractivity contribution in [2.45, 2.75) is 84.7 Å². The van der Waals surface area contributed by atoms with Gasteiger partial charge in [0.15, 0.2) is 0 Å². The zero-order valence-corrected chi connectivity index (χ0v) is 15.1. The molecule has 0 bridgehead atoms. The molecule has 2 nitrogen and oxygen atoms in total. The van der Waals surface area contributed by atoms with Crippen LogP contribution in [-0.2, 0) is 16.1 Å². The van der Waals surface area contributed by atoms with Gasteiger partial charge in [0.25, 0.3) is 0 Å². The van der Waals surface area contributed by atoms with Gasteiger partial charge in [0.05, 0.1) is 23.9 Å². The molecule has 1 aromatic rings. The Hall–Kier alpha value is -0.860. The highest BCUT2D eigenvalue weighted by molar-refractivity contribution is 5.24. The van der Waals surface area contributed by atoms with E-state index in [1.807, 2.05) is 0 Å². The molecule has 22 heavy (non-hydrogen) atoms. The first kappa shape index (κ1) is 17.5. The molecule has 1 aliphatic heterocycles. The van der Waals surface area contributed by atoms with E-state index < -0.39 is 0 Å². The minimum atomic E-state index is -0.220. The Morgan fingerprint density at radius 3 is 2.55 bits per heavy atom. The second-order valence-electron chi connectivity index (χ2n) is 7.61. The fourth-order valence-electron chi connectivity index (χ4n) is 3.63. The maximum Gasteiger partial charge on any atom is 0.0895 e. The van der Waals surface area contributed by atoms with Crippen LogP contribution in [-0.4, -0.2) is 17.3 Å². The molecule has 2 atom stereocenters. The van der Waals surface area contributed by atoms with E-state index >= 15 is 0 Å². The topological polar surface area (TPSA) is 18.5 Å². The minimum Gasteiger partial charge on any atom is -0.370 e. The van der Waals surface area contributed by atoms with Gasteiger partial charge >= 0.3 is 0 Å². The lowest BCUT2D eigenvalue weighted by atomic mass is 9.82. The van der Waals surface area contributed by atoms with Crippen LogP contribution in [0.1, 0.15) is 65.0 Å². The van der Waals surface area contributed by atoms with Crippen LogP contribution in [0.3, 0.4) is 0 Å². The molecule has 0 radical (unpaired) electrons. The molecule has 0 aliphatic carbocycles. The Bertz CT molecular complexity index is 492. The highest BCUT2D eigenvalue weighted by Crippen LogP contribution is 2.46. The molecular weight excluding hydrogens is 272 g/mol. The summed E-state index contributed by atoms with van der Waals surface area (Å²) < 4.78 is 12.9. The molecule has 124 valence electrons. The maximum absolute atomic E-state index is 6.54. The average molecular weight is 304 g/mol. The van der Waals surface area contributed by atoms with Gasteiger partial charge in [0.1, 0.15) is 0 Å². The van der Waals surface area contributed by atoms with Crippen LogP contribution in [0.25, 0.3) is 0 Å². The fraction of sp³-hybridized carbons (Fsp3) is 0.700. The van der Waals surface area contributed by atoms with Crippen LogP contribution in [0.4, 0.5) is 0 Å². The van der Waals surface area contributed by atoms with Crippen molar-refractivity contribution in [3.05, 3.63) is 35.4 Å². The zero-order valence-electron chi connectivity index (χ0n) is 15.1. The number of ether oxygens (including phenoxy) is 2. The Balaban J connectivity index is 2.09. The summed E-state index contributed by atoms with van der Waals surface area (Å²) in [6, 6.07) is 8.45. The van der Waals surface area contributed by atoms with Crippen LogP contribution in [0.5, 0.6) is 0 Å². The molecule has 2 rings (SSSR count). The van der Waals surface area contributed by atoms with Crippen LogP contribution in [0.2, 0.25) is 0 Å². The van der Waals surface area contributed by atoms with Crippen molar-refractivity contribution in [1.29, 1.82) is 0 Å². The number of hydrogen-bond donors (Lipinski definition) is 0. The van der Waals surface area contributed by atoms with Crippen molar-refractivity contribution in [1.82, 2.24) is 0 Å². The summed E-state index contributed by atoms with van der Waals surface area (Å²) in [5.74, 6) is 0.513. The van der Waals surface area contributed by atoms with E-state index in [0.29, 0.717) is 12.5 Å². The number of benzene rings is 1. The monoisotopic (exact) mass is 304 g/mol. The molecule has 0 spiro atoms. The second kappa shape index (κ2) is 6.72. The largest absolute Gasteiger partial charge is 0.370 e. The molecule has 0 N–H and O–H groups in total. The summed E-state index contributed by atoms with van der Waals surface area (Å²) in [7, 11) is 0. The molecular formula is C20H32O2. The van der Waals surface area contributed by atoms with Gasteiger partial charge in [-0.1, -0.05) is 51.5 Å². The molecule has 0 saturated carbocycles. The van der Waals surface area contributed by atoms with E-state index in [-0.39, 0.29) is 17.3 Å². The third kappa shape index (κ3) is 3.55. The van der Waals surface area contributed by atoms with Crippen LogP contribution >= 0.6 is 0 Å². The van der Waals surface area contributed by atoms with E-state index in [1.165, 1.54) is 11.1 Å². The summed E-state index contributed by atoms with van der Waals surface area (Å²) in [4.78, 5) is 0. The number of hydrogen-bond acceptors (Lipinski definition) is 2. The van der Waals surface area contributed by atoms with Gasteiger partial charge in [-0.25, -0.2) is 0 Å². The van der Waals surface area contributed by atoms with Crippen molar-refractivity contribution < 1.29 is 9.47 Å². The van der Waals surface area contributed by atoms with Crippen molar-refractivity contribution in [3.63, 3.8) is 0 Å². The lowest BCUT2D eigenvalue weighted by Gasteiger charge is -2.35. The molecule has 0 aromatic heterocycles. The molecule has 1 saturated heterocycles. The zero-order chi connectivity index (χ0) is 16.4. The van der Waals surface area contributed by atoms with Crippen LogP contribution < -0.4 is 0 Å². The molecule has 2 unspecified atom stereocenters.